The molecule has 8 heteroatoms. The summed E-state index contributed by atoms with van der Waals surface area (Å²) in [6.45, 7) is 7.19. The molecule has 0 saturated carbocycles. The zero-order valence-electron chi connectivity index (χ0n) is 13.9. The van der Waals surface area contributed by atoms with Gasteiger partial charge in [-0.15, -0.1) is 0 Å². The number of piperazine rings is 1. The Bertz CT molecular complexity index is 708. The average molecular weight is 321 g/mol. The van der Waals surface area contributed by atoms with Crippen LogP contribution in [0.2, 0.25) is 0 Å². The van der Waals surface area contributed by atoms with E-state index in [-0.39, 0.29) is 5.56 Å². The van der Waals surface area contributed by atoms with Crippen LogP contribution >= 0.6 is 0 Å². The molecule has 0 atom stereocenters. The van der Waals surface area contributed by atoms with Crippen LogP contribution in [-0.2, 0) is 18.8 Å². The fourth-order valence-corrected chi connectivity index (χ4v) is 2.82. The van der Waals surface area contributed by atoms with Crippen molar-refractivity contribution >= 4 is 5.82 Å². The number of rotatable bonds is 5. The summed E-state index contributed by atoms with van der Waals surface area (Å²) in [5.74, 6) is 0.421. The predicted octanol–water partition coefficient (Wildman–Crippen LogP) is -0.886. The summed E-state index contributed by atoms with van der Waals surface area (Å²) in [7, 11) is 2.99. The highest BCUT2D eigenvalue weighted by atomic mass is 16.5. The Morgan fingerprint density at radius 2 is 1.78 bits per heavy atom. The molecule has 0 unspecified atom stereocenters. The molecular formula is C15H23N5O3. The summed E-state index contributed by atoms with van der Waals surface area (Å²) in [5, 5.41) is 9.33. The molecule has 0 bridgehead atoms. The van der Waals surface area contributed by atoms with Crippen LogP contribution in [0.3, 0.4) is 0 Å². The Morgan fingerprint density at radius 1 is 1.13 bits per heavy atom. The number of ether oxygens (including phenoxy) is 1. The van der Waals surface area contributed by atoms with E-state index in [4.69, 9.17) is 4.74 Å². The fourth-order valence-electron chi connectivity index (χ4n) is 2.82. The van der Waals surface area contributed by atoms with Gasteiger partial charge in [-0.05, 0) is 6.92 Å². The van der Waals surface area contributed by atoms with Crippen LogP contribution in [0.25, 0.3) is 0 Å². The molecule has 0 radical (unpaired) electrons. The Morgan fingerprint density at radius 3 is 2.35 bits per heavy atom. The minimum absolute atomic E-state index is 0.0253. The van der Waals surface area contributed by atoms with E-state index in [1.807, 2.05) is 17.9 Å². The van der Waals surface area contributed by atoms with Crippen molar-refractivity contribution in [3.8, 4) is 6.07 Å². The van der Waals surface area contributed by atoms with Crippen LogP contribution in [-0.4, -0.2) is 60.0 Å². The van der Waals surface area contributed by atoms with Crippen molar-refractivity contribution in [1.82, 2.24) is 14.0 Å². The lowest BCUT2D eigenvalue weighted by Crippen LogP contribution is -2.50. The highest BCUT2D eigenvalue weighted by molar-refractivity contribution is 5.53. The van der Waals surface area contributed by atoms with Crippen LogP contribution in [0.15, 0.2) is 9.59 Å². The Labute approximate surface area is 135 Å². The van der Waals surface area contributed by atoms with Gasteiger partial charge in [0.2, 0.25) is 0 Å². The second-order valence-corrected chi connectivity index (χ2v) is 5.54. The molecule has 0 N–H and O–H groups in total. The molecule has 0 amide bonds. The van der Waals surface area contributed by atoms with Crippen molar-refractivity contribution in [3.05, 3.63) is 26.4 Å². The third-order valence-electron chi connectivity index (χ3n) is 4.17. The van der Waals surface area contributed by atoms with E-state index >= 15 is 0 Å². The first-order valence-corrected chi connectivity index (χ1v) is 7.76. The van der Waals surface area contributed by atoms with Gasteiger partial charge in [-0.3, -0.25) is 18.8 Å². The van der Waals surface area contributed by atoms with Gasteiger partial charge >= 0.3 is 5.69 Å². The van der Waals surface area contributed by atoms with Crippen molar-refractivity contribution < 1.29 is 4.74 Å². The molecule has 126 valence electrons. The molecule has 8 nitrogen and oxygen atoms in total. The number of hydrogen-bond donors (Lipinski definition) is 0. The first kappa shape index (κ1) is 17.2. The molecule has 2 heterocycles. The van der Waals surface area contributed by atoms with Gasteiger partial charge in [0.05, 0.1) is 6.61 Å². The third-order valence-corrected chi connectivity index (χ3v) is 4.17. The van der Waals surface area contributed by atoms with Gasteiger partial charge in [0, 0.05) is 53.4 Å². The van der Waals surface area contributed by atoms with Crippen LogP contribution in [0, 0.1) is 11.3 Å². The van der Waals surface area contributed by atoms with E-state index in [1.165, 1.54) is 11.6 Å². The summed E-state index contributed by atoms with van der Waals surface area (Å²) in [4.78, 5) is 28.5. The molecule has 0 aromatic carbocycles. The monoisotopic (exact) mass is 321 g/mol. The largest absolute Gasteiger partial charge is 0.380 e. The standard InChI is InChI=1S/C15H23N5O3/c1-4-23-10-9-19-5-7-20(8-6-19)13-12(11-16)14(21)18(3)15(22)17(13)2/h4-10H2,1-3H3. The first-order chi connectivity index (χ1) is 11.0. The lowest BCUT2D eigenvalue weighted by atomic mass is 10.2. The van der Waals surface area contributed by atoms with Crippen LogP contribution in [0.4, 0.5) is 5.82 Å². The number of nitrogens with zero attached hydrogens (tertiary/aromatic N) is 5. The summed E-state index contributed by atoms with van der Waals surface area (Å²) < 4.78 is 7.72. The number of aromatic nitrogens is 2. The number of anilines is 1. The highest BCUT2D eigenvalue weighted by Gasteiger charge is 2.24. The number of nitriles is 1. The maximum absolute atomic E-state index is 12.1. The highest BCUT2D eigenvalue weighted by Crippen LogP contribution is 2.16. The molecule has 1 fully saturated rings. The molecule has 1 aromatic heterocycles. The van der Waals surface area contributed by atoms with Crippen LogP contribution in [0.1, 0.15) is 12.5 Å². The zero-order chi connectivity index (χ0) is 17.0. The van der Waals surface area contributed by atoms with E-state index in [0.29, 0.717) is 32.1 Å². The molecule has 1 saturated heterocycles. The second-order valence-electron chi connectivity index (χ2n) is 5.54. The Hall–Kier alpha value is -2.11. The van der Waals surface area contributed by atoms with Crippen molar-refractivity contribution in [3.63, 3.8) is 0 Å². The molecule has 1 aliphatic rings. The lowest BCUT2D eigenvalue weighted by Gasteiger charge is -2.36. The van der Waals surface area contributed by atoms with Gasteiger partial charge in [0.25, 0.3) is 5.56 Å². The Kier molecular flexibility index (Phi) is 5.58. The minimum atomic E-state index is -0.538. The molecule has 23 heavy (non-hydrogen) atoms. The van der Waals surface area contributed by atoms with E-state index in [0.717, 1.165) is 24.2 Å². The van der Waals surface area contributed by atoms with E-state index < -0.39 is 11.2 Å². The fraction of sp³-hybridized carbons (Fsp3) is 0.667. The SMILES string of the molecule is CCOCCN1CCN(c2c(C#N)c(=O)n(C)c(=O)n2C)CC1. The van der Waals surface area contributed by atoms with Crippen molar-refractivity contribution in [2.45, 2.75) is 6.92 Å². The maximum Gasteiger partial charge on any atom is 0.332 e. The summed E-state index contributed by atoms with van der Waals surface area (Å²) in [6.07, 6.45) is 0. The Balaban J connectivity index is 2.20. The molecule has 1 aromatic rings. The average Bonchev–Trinajstić information content (AvgIpc) is 2.57. The van der Waals surface area contributed by atoms with Gasteiger partial charge < -0.3 is 9.64 Å². The van der Waals surface area contributed by atoms with E-state index in [1.54, 1.807) is 7.05 Å². The smallest absolute Gasteiger partial charge is 0.332 e. The molecule has 2 rings (SSSR count). The third kappa shape index (κ3) is 3.46. The molecule has 1 aliphatic heterocycles. The summed E-state index contributed by atoms with van der Waals surface area (Å²) >= 11 is 0. The van der Waals surface area contributed by atoms with Crippen LogP contribution in [0.5, 0.6) is 0 Å². The van der Waals surface area contributed by atoms with Crippen molar-refractivity contribution in [2.24, 2.45) is 14.1 Å². The molecular weight excluding hydrogens is 298 g/mol. The normalized spacial score (nSPS) is 15.7. The van der Waals surface area contributed by atoms with Crippen molar-refractivity contribution in [2.75, 3.05) is 50.8 Å². The summed E-state index contributed by atoms with van der Waals surface area (Å²) in [5.41, 5.74) is -0.926. The van der Waals surface area contributed by atoms with Crippen molar-refractivity contribution in [1.29, 1.82) is 5.26 Å². The minimum Gasteiger partial charge on any atom is -0.380 e. The molecule has 0 spiro atoms. The van der Waals surface area contributed by atoms with E-state index in [9.17, 15) is 14.9 Å². The van der Waals surface area contributed by atoms with Gasteiger partial charge in [0.1, 0.15) is 11.9 Å². The first-order valence-electron chi connectivity index (χ1n) is 7.76. The topological polar surface area (TPSA) is 83.5 Å². The maximum atomic E-state index is 12.1. The van der Waals surface area contributed by atoms with Gasteiger partial charge in [0.15, 0.2) is 5.56 Å². The van der Waals surface area contributed by atoms with Gasteiger partial charge in [-0.25, -0.2) is 4.79 Å². The van der Waals surface area contributed by atoms with Gasteiger partial charge in [-0.1, -0.05) is 0 Å². The molecule has 0 aliphatic carbocycles. The van der Waals surface area contributed by atoms with E-state index in [2.05, 4.69) is 4.90 Å². The second kappa shape index (κ2) is 7.44. The van der Waals surface area contributed by atoms with Crippen LogP contribution < -0.4 is 16.1 Å². The zero-order valence-corrected chi connectivity index (χ0v) is 13.9. The predicted molar refractivity (Wildman–Crippen MR) is 86.8 cm³/mol. The lowest BCUT2D eigenvalue weighted by molar-refractivity contribution is 0.111. The van der Waals surface area contributed by atoms with Gasteiger partial charge in [-0.2, -0.15) is 5.26 Å². The quantitative estimate of drug-likeness (QED) is 0.655. The summed E-state index contributed by atoms with van der Waals surface area (Å²) in [6, 6.07) is 1.95. The number of hydrogen-bond acceptors (Lipinski definition) is 6.